The van der Waals surface area contributed by atoms with Crippen LogP contribution in [-0.2, 0) is 12.6 Å². The number of allylic oxidation sites excluding steroid dienone is 2. The number of nitrogens with zero attached hydrogens (tertiary/aromatic N) is 3. The van der Waals surface area contributed by atoms with Gasteiger partial charge in [-0.05, 0) is 99.2 Å². The average molecular weight is 677 g/mol. The molecular formula is C37H39F3N4O3S. The predicted molar refractivity (Wildman–Crippen MR) is 179 cm³/mol. The van der Waals surface area contributed by atoms with E-state index in [1.807, 2.05) is 24.3 Å². The normalized spacial score (nSPS) is 24.9. The van der Waals surface area contributed by atoms with Crippen LogP contribution in [0.5, 0.6) is 0 Å². The number of H-pyrrole nitrogens is 1. The van der Waals surface area contributed by atoms with E-state index in [9.17, 15) is 28.2 Å². The minimum absolute atomic E-state index is 0.0522. The maximum atomic E-state index is 14.2. The van der Waals surface area contributed by atoms with Gasteiger partial charge in [0.05, 0.1) is 17.3 Å². The highest BCUT2D eigenvalue weighted by molar-refractivity contribution is 7.99. The number of halogens is 3. The number of hydrogen-bond acceptors (Lipinski definition) is 7. The second-order valence-electron chi connectivity index (χ2n) is 13.3. The maximum Gasteiger partial charge on any atom is 0.416 e. The summed E-state index contributed by atoms with van der Waals surface area (Å²) in [4.78, 5) is 22.8. The Bertz CT molecular complexity index is 1810. The monoisotopic (exact) mass is 676 g/mol. The molecule has 7 nitrogen and oxygen atoms in total. The maximum absolute atomic E-state index is 14.2. The van der Waals surface area contributed by atoms with Gasteiger partial charge in [0.1, 0.15) is 0 Å². The van der Waals surface area contributed by atoms with Crippen LogP contribution in [0.15, 0.2) is 83.8 Å². The van der Waals surface area contributed by atoms with Crippen molar-refractivity contribution in [3.63, 3.8) is 0 Å². The summed E-state index contributed by atoms with van der Waals surface area (Å²) in [5.41, 5.74) is 0.963. The van der Waals surface area contributed by atoms with E-state index in [0.29, 0.717) is 72.8 Å². The van der Waals surface area contributed by atoms with Gasteiger partial charge < -0.3 is 10.2 Å². The number of ketones is 1. The Hall–Kier alpha value is -3.80. The summed E-state index contributed by atoms with van der Waals surface area (Å²) < 4.78 is 40.9. The molecule has 48 heavy (non-hydrogen) atoms. The summed E-state index contributed by atoms with van der Waals surface area (Å²) >= 11 is 1.37. The third-order valence-corrected chi connectivity index (χ3v) is 11.3. The van der Waals surface area contributed by atoms with Gasteiger partial charge in [0.15, 0.2) is 11.6 Å². The van der Waals surface area contributed by atoms with Crippen molar-refractivity contribution in [2.75, 3.05) is 5.75 Å². The summed E-state index contributed by atoms with van der Waals surface area (Å²) in [6.07, 6.45) is 4.20. The molecule has 0 spiro atoms. The Labute approximate surface area is 282 Å². The van der Waals surface area contributed by atoms with Gasteiger partial charge in [-0.3, -0.25) is 14.9 Å². The number of aliphatic hydroxyl groups is 2. The van der Waals surface area contributed by atoms with Crippen LogP contribution >= 0.6 is 11.8 Å². The van der Waals surface area contributed by atoms with Gasteiger partial charge in [-0.1, -0.05) is 54.6 Å². The Morgan fingerprint density at radius 3 is 2.65 bits per heavy atom. The highest BCUT2D eigenvalue weighted by Crippen LogP contribution is 2.59. The molecule has 3 N–H and O–H groups in total. The van der Waals surface area contributed by atoms with Crippen LogP contribution in [0.2, 0.25) is 0 Å². The number of pyridine rings is 1. The van der Waals surface area contributed by atoms with Gasteiger partial charge in [0, 0.05) is 40.3 Å². The lowest BCUT2D eigenvalue weighted by atomic mass is 9.65. The lowest BCUT2D eigenvalue weighted by molar-refractivity contribution is -0.137. The predicted octanol–water partition coefficient (Wildman–Crippen LogP) is 7.95. The van der Waals surface area contributed by atoms with Crippen molar-refractivity contribution in [3.05, 3.63) is 106 Å². The number of fused-ring (bicyclic) bond motifs is 8. The van der Waals surface area contributed by atoms with Gasteiger partial charge in [0.2, 0.25) is 5.16 Å². The number of aliphatic hydroxyl groups excluding tert-OH is 1. The molecule has 3 aliphatic rings. The quantitative estimate of drug-likeness (QED) is 0.108. The fourth-order valence-electron chi connectivity index (χ4n) is 7.30. The highest BCUT2D eigenvalue weighted by atomic mass is 32.2. The van der Waals surface area contributed by atoms with Gasteiger partial charge in [-0.2, -0.15) is 13.2 Å². The number of aromatic nitrogens is 4. The molecule has 0 amide bonds. The van der Waals surface area contributed by atoms with E-state index in [1.165, 1.54) is 29.5 Å². The topological polar surface area (TPSA) is 112 Å². The van der Waals surface area contributed by atoms with Gasteiger partial charge in [-0.25, -0.2) is 4.98 Å². The van der Waals surface area contributed by atoms with Crippen molar-refractivity contribution >= 4 is 17.5 Å². The van der Waals surface area contributed by atoms with E-state index in [-0.39, 0.29) is 11.5 Å². The van der Waals surface area contributed by atoms with Crippen molar-refractivity contribution in [1.82, 2.24) is 20.2 Å². The lowest BCUT2D eigenvalue weighted by Gasteiger charge is -2.44. The molecule has 2 heterocycles. The number of rotatable bonds is 6. The molecule has 7 rings (SSSR count). The van der Waals surface area contributed by atoms with Crippen molar-refractivity contribution in [1.29, 1.82) is 0 Å². The molecule has 11 heteroatoms. The summed E-state index contributed by atoms with van der Waals surface area (Å²) in [5, 5.41) is 31.2. The Morgan fingerprint density at radius 2 is 1.88 bits per heavy atom. The molecule has 4 aromatic rings. The fourth-order valence-corrected chi connectivity index (χ4v) is 8.41. The number of benzene rings is 2. The highest BCUT2D eigenvalue weighted by Gasteiger charge is 2.56. The zero-order valence-electron chi connectivity index (χ0n) is 26.9. The van der Waals surface area contributed by atoms with Crippen LogP contribution in [-0.4, -0.2) is 53.6 Å². The average Bonchev–Trinajstić information content (AvgIpc) is 3.65. The Morgan fingerprint density at radius 1 is 1.08 bits per heavy atom. The second-order valence-corrected chi connectivity index (χ2v) is 14.3. The zero-order chi connectivity index (χ0) is 34.1. The third-order valence-electron chi connectivity index (χ3n) is 10.2. The van der Waals surface area contributed by atoms with Crippen molar-refractivity contribution < 1.29 is 28.2 Å². The van der Waals surface area contributed by atoms with Crippen molar-refractivity contribution in [2.45, 2.75) is 87.7 Å². The molecule has 0 radical (unpaired) electrons. The number of thioether (sulfide) groups is 1. The number of alkyl halides is 3. The molecule has 1 fully saturated rings. The first-order valence-corrected chi connectivity index (χ1v) is 17.2. The molecule has 0 saturated heterocycles. The molecule has 252 valence electrons. The molecule has 0 unspecified atom stereocenters. The third kappa shape index (κ3) is 6.99. The number of carbonyl (C=O) groups excluding carboxylic acids is 1. The van der Waals surface area contributed by atoms with E-state index in [1.54, 1.807) is 18.5 Å². The zero-order valence-corrected chi connectivity index (χ0v) is 27.7. The number of aromatic amines is 1. The van der Waals surface area contributed by atoms with Crippen molar-refractivity contribution in [3.8, 4) is 11.4 Å². The SMILES string of the molecule is CC1=CCC[C@@]2(C)[C@@H](CC[C@@]2(O)CSc2n[nH]c(-c3ccncc3)n2)c2ccc(cc2C(=O)c2cccc(C(F)(F)F)c2)C[C@@H](O)CC1. The number of hydrogen-bond donors (Lipinski definition) is 3. The molecule has 2 bridgehead atoms. The molecule has 2 aromatic carbocycles. The Balaban J connectivity index is 1.38. The van der Waals surface area contributed by atoms with Crippen LogP contribution in [0, 0.1) is 5.41 Å². The minimum atomic E-state index is -4.59. The Kier molecular flexibility index (Phi) is 9.66. The van der Waals surface area contributed by atoms with Crippen LogP contribution in [0.3, 0.4) is 0 Å². The van der Waals surface area contributed by atoms with E-state index in [4.69, 9.17) is 0 Å². The second kappa shape index (κ2) is 13.6. The van der Waals surface area contributed by atoms with E-state index in [0.717, 1.165) is 23.3 Å². The van der Waals surface area contributed by atoms with Crippen LogP contribution < -0.4 is 0 Å². The van der Waals surface area contributed by atoms with E-state index >= 15 is 0 Å². The molecule has 4 atom stereocenters. The summed E-state index contributed by atoms with van der Waals surface area (Å²) in [6.45, 7) is 4.12. The first-order chi connectivity index (χ1) is 22.9. The van der Waals surface area contributed by atoms with Crippen LogP contribution in [0.4, 0.5) is 13.2 Å². The van der Waals surface area contributed by atoms with E-state index in [2.05, 4.69) is 40.1 Å². The molecule has 2 aromatic heterocycles. The first-order valence-electron chi connectivity index (χ1n) is 16.2. The minimum Gasteiger partial charge on any atom is -0.393 e. The largest absolute Gasteiger partial charge is 0.416 e. The molecule has 3 aliphatic carbocycles. The van der Waals surface area contributed by atoms with E-state index < -0.39 is 34.6 Å². The fraction of sp³-hybridized carbons (Fsp3) is 0.405. The molecule has 1 saturated carbocycles. The summed E-state index contributed by atoms with van der Waals surface area (Å²) in [5.74, 6) is 0.149. The smallest absolute Gasteiger partial charge is 0.393 e. The van der Waals surface area contributed by atoms with Gasteiger partial charge >= 0.3 is 6.18 Å². The molecule has 0 aliphatic heterocycles. The van der Waals surface area contributed by atoms with Gasteiger partial charge in [-0.15, -0.1) is 5.10 Å². The van der Waals surface area contributed by atoms with Crippen LogP contribution in [0.1, 0.15) is 90.9 Å². The van der Waals surface area contributed by atoms with Gasteiger partial charge in [0.25, 0.3) is 0 Å². The molecular weight excluding hydrogens is 637 g/mol. The standard InChI is InChI=1S/C37H39F3N4O3S/c1-23-5-4-15-35(2)31(12-16-36(35,47)22-48-34-42-33(43-44-34)25-13-17-41-18-14-25)29-11-9-24(19-28(45)10-8-23)20-30(29)32(46)26-6-3-7-27(21-26)37(38,39)40/h3,5-7,9,11,13-14,17-18,20-21,28,31,45,47H,4,8,10,12,15-16,19,22H2,1-2H3,(H,42,43,44)/t28-,31-,35-,36+/m0/s1. The van der Waals surface area contributed by atoms with Crippen LogP contribution in [0.25, 0.3) is 11.4 Å². The first kappa shape index (κ1) is 34.1. The number of carbonyl (C=O) groups is 1. The summed E-state index contributed by atoms with van der Waals surface area (Å²) in [7, 11) is 0. The number of nitrogens with one attached hydrogen (secondary N) is 1. The lowest BCUT2D eigenvalue weighted by Crippen LogP contribution is -2.46. The summed E-state index contributed by atoms with van der Waals surface area (Å²) in [6, 6.07) is 13.7. The van der Waals surface area contributed by atoms with Crippen molar-refractivity contribution in [2.24, 2.45) is 5.41 Å².